The molecule has 150 valence electrons. The molecule has 1 amide bonds. The van der Waals surface area contributed by atoms with Gasteiger partial charge in [-0.1, -0.05) is 35.3 Å². The Hall–Kier alpha value is -3.01. The summed E-state index contributed by atoms with van der Waals surface area (Å²) in [6.07, 6.45) is 1.22. The van der Waals surface area contributed by atoms with Crippen molar-refractivity contribution >= 4 is 46.8 Å². The summed E-state index contributed by atoms with van der Waals surface area (Å²) >= 11 is 11.8. The van der Waals surface area contributed by atoms with Gasteiger partial charge in [0.2, 0.25) is 0 Å². The summed E-state index contributed by atoms with van der Waals surface area (Å²) in [7, 11) is 0. The number of hydrogen-bond donors (Lipinski definition) is 1. The molecule has 0 fully saturated rings. The van der Waals surface area contributed by atoms with Crippen molar-refractivity contribution in [3.8, 4) is 11.8 Å². The number of nitrogens with zero attached hydrogens (tertiary/aromatic N) is 1. The molecular weight excluding hydrogens is 415 g/mol. The first-order valence-electron chi connectivity index (χ1n) is 8.59. The molecule has 8 heteroatoms. The third kappa shape index (κ3) is 7.15. The minimum atomic E-state index is -0.581. The lowest BCUT2D eigenvalue weighted by Gasteiger charge is -2.09. The quantitative estimate of drug-likeness (QED) is 0.382. The summed E-state index contributed by atoms with van der Waals surface area (Å²) in [6, 6.07) is 13.1. The number of nitrogens with one attached hydrogen (secondary N) is 1. The van der Waals surface area contributed by atoms with E-state index in [9.17, 15) is 14.9 Å². The number of anilines is 1. The zero-order chi connectivity index (χ0) is 21.4. The van der Waals surface area contributed by atoms with Gasteiger partial charge in [-0.2, -0.15) is 5.26 Å². The fraction of sp³-hybridized carbons (Fsp3) is 0.190. The molecule has 2 rings (SSSR count). The lowest BCUT2D eigenvalue weighted by atomic mass is 10.1. The Morgan fingerprint density at radius 3 is 2.41 bits per heavy atom. The van der Waals surface area contributed by atoms with Crippen LogP contribution in [0.15, 0.2) is 48.0 Å². The van der Waals surface area contributed by atoms with Gasteiger partial charge in [-0.15, -0.1) is 0 Å². The molecule has 0 aliphatic rings. The van der Waals surface area contributed by atoms with Gasteiger partial charge < -0.3 is 14.8 Å². The highest BCUT2D eigenvalue weighted by molar-refractivity contribution is 6.42. The molecule has 0 saturated heterocycles. The molecule has 0 spiro atoms. The highest BCUT2D eigenvalue weighted by Gasteiger charge is 2.11. The van der Waals surface area contributed by atoms with Crippen LogP contribution in [0.4, 0.5) is 5.69 Å². The van der Waals surface area contributed by atoms with Crippen molar-refractivity contribution in [2.45, 2.75) is 20.0 Å². The fourth-order valence-corrected chi connectivity index (χ4v) is 2.49. The first kappa shape index (κ1) is 22.3. The van der Waals surface area contributed by atoms with Crippen LogP contribution in [-0.2, 0) is 14.3 Å². The van der Waals surface area contributed by atoms with Crippen LogP contribution < -0.4 is 10.1 Å². The van der Waals surface area contributed by atoms with E-state index in [1.54, 1.807) is 50.2 Å². The van der Waals surface area contributed by atoms with Crippen molar-refractivity contribution in [1.29, 1.82) is 5.26 Å². The predicted octanol–water partition coefficient (Wildman–Crippen LogP) is 4.87. The first-order valence-corrected chi connectivity index (χ1v) is 9.34. The second-order valence-corrected chi connectivity index (χ2v) is 6.96. The van der Waals surface area contributed by atoms with E-state index in [2.05, 4.69) is 5.32 Å². The van der Waals surface area contributed by atoms with Gasteiger partial charge in [-0.3, -0.25) is 4.79 Å². The van der Waals surface area contributed by atoms with E-state index in [4.69, 9.17) is 32.7 Å². The minimum Gasteiger partial charge on any atom is -0.482 e. The van der Waals surface area contributed by atoms with Gasteiger partial charge in [0.1, 0.15) is 17.4 Å². The summed E-state index contributed by atoms with van der Waals surface area (Å²) in [5.74, 6) is -0.584. The van der Waals surface area contributed by atoms with Crippen LogP contribution in [-0.4, -0.2) is 24.6 Å². The highest BCUT2D eigenvalue weighted by Crippen LogP contribution is 2.25. The monoisotopic (exact) mass is 432 g/mol. The van der Waals surface area contributed by atoms with Gasteiger partial charge >= 0.3 is 5.97 Å². The molecule has 0 saturated carbocycles. The van der Waals surface area contributed by atoms with Crippen molar-refractivity contribution in [3.05, 3.63) is 63.6 Å². The molecule has 0 bridgehead atoms. The van der Waals surface area contributed by atoms with Gasteiger partial charge in [0.15, 0.2) is 6.61 Å². The maximum Gasteiger partial charge on any atom is 0.344 e. The number of esters is 1. The SMILES string of the molecule is CC(C)OC(=O)COc1ccc(/C=C(/C#N)C(=O)Nc2ccc(Cl)c(Cl)c2)cc1. The van der Waals surface area contributed by atoms with Crippen LogP contribution in [0, 0.1) is 11.3 Å². The minimum absolute atomic E-state index is 0.0924. The van der Waals surface area contributed by atoms with E-state index in [0.717, 1.165) is 0 Å². The molecule has 0 aliphatic carbocycles. The van der Waals surface area contributed by atoms with Crippen LogP contribution in [0.3, 0.4) is 0 Å². The van der Waals surface area contributed by atoms with Gasteiger partial charge in [0.05, 0.1) is 16.1 Å². The Balaban J connectivity index is 2.02. The third-order valence-electron chi connectivity index (χ3n) is 3.46. The standard InChI is InChI=1S/C21H18Cl2N2O4/c1-13(2)29-20(26)12-28-17-6-3-14(4-7-17)9-15(11-24)21(27)25-16-5-8-18(22)19(23)10-16/h3-10,13H,12H2,1-2H3,(H,25,27)/b15-9-. The molecule has 0 aliphatic heterocycles. The molecule has 2 aromatic rings. The second kappa shape index (κ2) is 10.5. The zero-order valence-electron chi connectivity index (χ0n) is 15.7. The summed E-state index contributed by atoms with van der Waals surface area (Å²) in [5.41, 5.74) is 0.941. The Kier molecular flexibility index (Phi) is 8.08. The fourth-order valence-electron chi connectivity index (χ4n) is 2.19. The Morgan fingerprint density at radius 2 is 1.83 bits per heavy atom. The summed E-state index contributed by atoms with van der Waals surface area (Å²) in [4.78, 5) is 23.8. The number of rotatable bonds is 7. The number of ether oxygens (including phenoxy) is 2. The Morgan fingerprint density at radius 1 is 1.14 bits per heavy atom. The van der Waals surface area contributed by atoms with E-state index >= 15 is 0 Å². The van der Waals surface area contributed by atoms with Crippen LogP contribution in [0.1, 0.15) is 19.4 Å². The predicted molar refractivity (Wildman–Crippen MR) is 112 cm³/mol. The number of carbonyl (C=O) groups excluding carboxylic acids is 2. The Bertz CT molecular complexity index is 964. The molecule has 0 atom stereocenters. The molecule has 0 heterocycles. The molecule has 0 aromatic heterocycles. The van der Waals surface area contributed by atoms with Gasteiger partial charge in [-0.25, -0.2) is 4.79 Å². The van der Waals surface area contributed by atoms with E-state index in [1.165, 1.54) is 12.1 Å². The van der Waals surface area contributed by atoms with Gasteiger partial charge in [0, 0.05) is 5.69 Å². The van der Waals surface area contributed by atoms with Gasteiger partial charge in [0.25, 0.3) is 5.91 Å². The first-order chi connectivity index (χ1) is 13.8. The van der Waals surface area contributed by atoms with Crippen molar-refractivity contribution < 1.29 is 19.1 Å². The van der Waals surface area contributed by atoms with Crippen LogP contribution >= 0.6 is 23.2 Å². The van der Waals surface area contributed by atoms with E-state index in [0.29, 0.717) is 27.0 Å². The lowest BCUT2D eigenvalue weighted by Crippen LogP contribution is -2.18. The molecule has 1 N–H and O–H groups in total. The average Bonchev–Trinajstić information content (AvgIpc) is 2.67. The van der Waals surface area contributed by atoms with Crippen LogP contribution in [0.2, 0.25) is 10.0 Å². The topological polar surface area (TPSA) is 88.4 Å². The van der Waals surface area contributed by atoms with Gasteiger partial charge in [-0.05, 0) is 55.8 Å². The molecule has 0 radical (unpaired) electrons. The molecule has 2 aromatic carbocycles. The summed E-state index contributed by atoms with van der Waals surface area (Å²) in [6.45, 7) is 3.30. The Labute approximate surface area is 178 Å². The maximum absolute atomic E-state index is 12.3. The van der Waals surface area contributed by atoms with E-state index in [-0.39, 0.29) is 18.3 Å². The zero-order valence-corrected chi connectivity index (χ0v) is 17.3. The van der Waals surface area contributed by atoms with Crippen LogP contribution in [0.25, 0.3) is 6.08 Å². The smallest absolute Gasteiger partial charge is 0.344 e. The summed E-state index contributed by atoms with van der Waals surface area (Å²) in [5, 5.41) is 12.5. The third-order valence-corrected chi connectivity index (χ3v) is 4.20. The van der Waals surface area contributed by atoms with E-state index < -0.39 is 11.9 Å². The molecular formula is C21H18Cl2N2O4. The van der Waals surface area contributed by atoms with Crippen LogP contribution in [0.5, 0.6) is 5.75 Å². The molecule has 29 heavy (non-hydrogen) atoms. The van der Waals surface area contributed by atoms with Crippen molar-refractivity contribution in [3.63, 3.8) is 0 Å². The number of benzene rings is 2. The second-order valence-electron chi connectivity index (χ2n) is 6.15. The molecule has 6 nitrogen and oxygen atoms in total. The van der Waals surface area contributed by atoms with Crippen molar-refractivity contribution in [2.75, 3.05) is 11.9 Å². The number of halogens is 2. The number of hydrogen-bond acceptors (Lipinski definition) is 5. The normalized spacial score (nSPS) is 11.0. The average molecular weight is 433 g/mol. The highest BCUT2D eigenvalue weighted by atomic mass is 35.5. The number of nitriles is 1. The molecule has 0 unspecified atom stereocenters. The number of carbonyl (C=O) groups is 2. The van der Waals surface area contributed by atoms with Crippen molar-refractivity contribution in [2.24, 2.45) is 0 Å². The summed E-state index contributed by atoms with van der Waals surface area (Å²) < 4.78 is 10.3. The number of amides is 1. The lowest BCUT2D eigenvalue weighted by molar-refractivity contribution is -0.149. The maximum atomic E-state index is 12.3. The van der Waals surface area contributed by atoms with E-state index in [1.807, 2.05) is 6.07 Å². The van der Waals surface area contributed by atoms with Crippen molar-refractivity contribution in [1.82, 2.24) is 0 Å². The largest absolute Gasteiger partial charge is 0.482 e.